The molecule has 6 heteroatoms. The molecular formula is C62H121NO5. The van der Waals surface area contributed by atoms with E-state index in [0.717, 1.165) is 57.8 Å². The van der Waals surface area contributed by atoms with Gasteiger partial charge in [-0.1, -0.05) is 315 Å². The van der Waals surface area contributed by atoms with Crippen molar-refractivity contribution in [2.75, 3.05) is 13.2 Å². The zero-order valence-electron chi connectivity index (χ0n) is 46.1. The summed E-state index contributed by atoms with van der Waals surface area (Å²) in [6.07, 6.45) is 69.6. The van der Waals surface area contributed by atoms with Crippen LogP contribution in [0.2, 0.25) is 0 Å². The quantitative estimate of drug-likeness (QED) is 0.0321. The van der Waals surface area contributed by atoms with Gasteiger partial charge in [0.25, 0.3) is 0 Å². The van der Waals surface area contributed by atoms with Crippen molar-refractivity contribution >= 4 is 11.9 Å². The van der Waals surface area contributed by atoms with Gasteiger partial charge in [0, 0.05) is 12.8 Å². The molecule has 0 aliphatic rings. The number of unbranched alkanes of at least 4 members (excludes halogenated alkanes) is 47. The molecule has 3 N–H and O–H groups in total. The number of rotatable bonds is 58. The van der Waals surface area contributed by atoms with E-state index < -0.39 is 12.1 Å². The van der Waals surface area contributed by atoms with E-state index in [0.29, 0.717) is 19.4 Å². The molecule has 2 atom stereocenters. The molecule has 2 unspecified atom stereocenters. The number of ether oxygens (including phenoxy) is 1. The Balaban J connectivity index is 3.46. The minimum absolute atomic E-state index is 0.00166. The first-order valence-corrected chi connectivity index (χ1v) is 31.0. The fourth-order valence-corrected chi connectivity index (χ4v) is 9.81. The molecule has 0 aromatic rings. The van der Waals surface area contributed by atoms with Crippen LogP contribution in [0.25, 0.3) is 0 Å². The van der Waals surface area contributed by atoms with E-state index >= 15 is 0 Å². The van der Waals surface area contributed by atoms with Crippen LogP contribution in [0.4, 0.5) is 0 Å². The first kappa shape index (κ1) is 66.6. The summed E-state index contributed by atoms with van der Waals surface area (Å²) in [6.45, 7) is 4.91. The van der Waals surface area contributed by atoms with Gasteiger partial charge in [-0.3, -0.25) is 9.59 Å². The van der Waals surface area contributed by atoms with Crippen LogP contribution in [0.1, 0.15) is 348 Å². The summed E-state index contributed by atoms with van der Waals surface area (Å²) in [5, 5.41) is 23.2. The Morgan fingerprint density at radius 3 is 1.00 bits per heavy atom. The first-order chi connectivity index (χ1) is 33.5. The minimum atomic E-state index is -0.852. The molecule has 0 saturated heterocycles. The Hall–Kier alpha value is -1.40. The molecule has 0 fully saturated rings. The van der Waals surface area contributed by atoms with Gasteiger partial charge in [-0.15, -0.1) is 0 Å². The third kappa shape index (κ3) is 53.9. The van der Waals surface area contributed by atoms with Gasteiger partial charge in [-0.25, -0.2) is 0 Å². The van der Waals surface area contributed by atoms with Gasteiger partial charge in [-0.05, 0) is 32.1 Å². The summed E-state index contributed by atoms with van der Waals surface area (Å²) in [4.78, 5) is 24.5. The fourth-order valence-electron chi connectivity index (χ4n) is 9.81. The molecule has 0 heterocycles. The summed E-state index contributed by atoms with van der Waals surface area (Å²) in [7, 11) is 0. The van der Waals surface area contributed by atoms with Crippen LogP contribution >= 0.6 is 0 Å². The van der Waals surface area contributed by atoms with Crippen LogP contribution in [0.5, 0.6) is 0 Å². The second-order valence-electron chi connectivity index (χ2n) is 21.4. The van der Waals surface area contributed by atoms with Crippen molar-refractivity contribution in [2.24, 2.45) is 0 Å². The van der Waals surface area contributed by atoms with E-state index in [-0.39, 0.29) is 18.5 Å². The topological polar surface area (TPSA) is 95.9 Å². The Labute approximate surface area is 425 Å². The monoisotopic (exact) mass is 960 g/mol. The highest BCUT2D eigenvalue weighted by molar-refractivity contribution is 5.76. The molecule has 404 valence electrons. The average molecular weight is 961 g/mol. The molecule has 6 nitrogen and oxygen atoms in total. The molecular weight excluding hydrogens is 839 g/mol. The van der Waals surface area contributed by atoms with Crippen LogP contribution in [-0.2, 0) is 14.3 Å². The number of amides is 1. The Kier molecular flexibility index (Phi) is 57.0. The fraction of sp³-hybridized carbons (Fsp3) is 0.935. The van der Waals surface area contributed by atoms with Crippen molar-refractivity contribution in [1.82, 2.24) is 5.32 Å². The number of allylic oxidation sites excluding steroid dienone is 1. The number of hydrogen-bond donors (Lipinski definition) is 3. The van der Waals surface area contributed by atoms with E-state index in [1.807, 2.05) is 6.08 Å². The minimum Gasteiger partial charge on any atom is -0.466 e. The third-order valence-corrected chi connectivity index (χ3v) is 14.6. The predicted octanol–water partition coefficient (Wildman–Crippen LogP) is 19.2. The van der Waals surface area contributed by atoms with Crippen molar-refractivity contribution in [3.8, 4) is 0 Å². The number of aliphatic hydroxyl groups is 2. The van der Waals surface area contributed by atoms with Crippen molar-refractivity contribution in [3.05, 3.63) is 12.2 Å². The highest BCUT2D eigenvalue weighted by atomic mass is 16.5. The molecule has 0 aliphatic heterocycles. The zero-order chi connectivity index (χ0) is 49.3. The number of nitrogens with one attached hydrogen (secondary N) is 1. The van der Waals surface area contributed by atoms with E-state index in [2.05, 4.69) is 19.2 Å². The van der Waals surface area contributed by atoms with Crippen molar-refractivity contribution in [3.63, 3.8) is 0 Å². The number of aliphatic hydroxyl groups excluding tert-OH is 2. The Morgan fingerprint density at radius 2 is 0.676 bits per heavy atom. The van der Waals surface area contributed by atoms with Crippen LogP contribution in [-0.4, -0.2) is 47.4 Å². The lowest BCUT2D eigenvalue weighted by Crippen LogP contribution is -2.45. The smallest absolute Gasteiger partial charge is 0.305 e. The number of hydrogen-bond acceptors (Lipinski definition) is 5. The van der Waals surface area contributed by atoms with Crippen LogP contribution in [0.15, 0.2) is 12.2 Å². The van der Waals surface area contributed by atoms with Crippen LogP contribution in [0.3, 0.4) is 0 Å². The highest BCUT2D eigenvalue weighted by Crippen LogP contribution is 2.18. The summed E-state index contributed by atoms with van der Waals surface area (Å²) < 4.78 is 5.46. The zero-order valence-corrected chi connectivity index (χ0v) is 46.1. The summed E-state index contributed by atoms with van der Waals surface area (Å²) in [5.41, 5.74) is 0. The van der Waals surface area contributed by atoms with Crippen molar-refractivity contribution < 1.29 is 24.5 Å². The molecule has 0 rings (SSSR count). The van der Waals surface area contributed by atoms with E-state index in [9.17, 15) is 19.8 Å². The van der Waals surface area contributed by atoms with Crippen LogP contribution < -0.4 is 5.32 Å². The predicted molar refractivity (Wildman–Crippen MR) is 297 cm³/mol. The Bertz CT molecular complexity index is 1020. The van der Waals surface area contributed by atoms with Gasteiger partial charge in [0.15, 0.2) is 0 Å². The van der Waals surface area contributed by atoms with Gasteiger partial charge in [0.05, 0.1) is 25.4 Å². The third-order valence-electron chi connectivity index (χ3n) is 14.6. The maximum Gasteiger partial charge on any atom is 0.305 e. The van der Waals surface area contributed by atoms with Crippen molar-refractivity contribution in [2.45, 2.75) is 360 Å². The largest absolute Gasteiger partial charge is 0.466 e. The first-order valence-electron chi connectivity index (χ1n) is 31.0. The van der Waals surface area contributed by atoms with Crippen LogP contribution in [0, 0.1) is 0 Å². The average Bonchev–Trinajstić information content (AvgIpc) is 3.34. The second kappa shape index (κ2) is 58.2. The maximum absolute atomic E-state index is 12.5. The SMILES string of the molecule is CCCCCCCCCCCCCCCCCCCCCCCCC/C=C/C(O)C(CO)NC(=O)CCCCCCCCCCCCCCCCOC(=O)CCCCCCCCCCCCCC. The second-order valence-corrected chi connectivity index (χ2v) is 21.4. The van der Waals surface area contributed by atoms with Gasteiger partial charge < -0.3 is 20.3 Å². The summed E-state index contributed by atoms with van der Waals surface area (Å²) in [6, 6.07) is -0.636. The van der Waals surface area contributed by atoms with E-state index in [1.165, 1.54) is 263 Å². The summed E-state index contributed by atoms with van der Waals surface area (Å²) in [5.74, 6) is -0.0758. The number of esters is 1. The van der Waals surface area contributed by atoms with Gasteiger partial charge in [0.1, 0.15) is 0 Å². The van der Waals surface area contributed by atoms with E-state index in [4.69, 9.17) is 4.74 Å². The van der Waals surface area contributed by atoms with E-state index in [1.54, 1.807) is 6.08 Å². The standard InChI is InChI=1S/C62H121NO5/c1-3-5-7-9-11-13-15-17-18-19-20-21-22-23-24-25-26-27-28-31-34-38-42-46-50-54-60(65)59(58-64)63-61(66)55-51-47-43-39-35-32-29-30-33-37-41-45-49-53-57-68-62(67)56-52-48-44-40-36-16-14-12-10-8-6-4-2/h50,54,59-60,64-65H,3-49,51-53,55-58H2,1-2H3,(H,63,66)/b54-50+. The normalized spacial score (nSPS) is 12.6. The highest BCUT2D eigenvalue weighted by Gasteiger charge is 2.18. The number of carbonyl (C=O) groups excluding carboxylic acids is 2. The maximum atomic E-state index is 12.5. The molecule has 0 bridgehead atoms. The molecule has 0 spiro atoms. The lowest BCUT2D eigenvalue weighted by Gasteiger charge is -2.20. The molecule has 0 aromatic heterocycles. The molecule has 1 amide bonds. The lowest BCUT2D eigenvalue weighted by molar-refractivity contribution is -0.143. The Morgan fingerprint density at radius 1 is 0.397 bits per heavy atom. The summed E-state index contributed by atoms with van der Waals surface area (Å²) >= 11 is 0. The number of carbonyl (C=O) groups is 2. The molecule has 0 aromatic carbocycles. The molecule has 68 heavy (non-hydrogen) atoms. The lowest BCUT2D eigenvalue weighted by atomic mass is 10.0. The van der Waals surface area contributed by atoms with Gasteiger partial charge >= 0.3 is 5.97 Å². The van der Waals surface area contributed by atoms with Crippen molar-refractivity contribution in [1.29, 1.82) is 0 Å². The molecule has 0 saturated carbocycles. The van der Waals surface area contributed by atoms with Gasteiger partial charge in [0.2, 0.25) is 5.91 Å². The van der Waals surface area contributed by atoms with Gasteiger partial charge in [-0.2, -0.15) is 0 Å². The molecule has 0 radical (unpaired) electrons. The molecule has 0 aliphatic carbocycles.